The van der Waals surface area contributed by atoms with Crippen LogP contribution in [0.4, 0.5) is 5.69 Å². The number of alkyl halides is 1. The van der Waals surface area contributed by atoms with Gasteiger partial charge in [0.05, 0.1) is 0 Å². The Morgan fingerprint density at radius 3 is 2.33 bits per heavy atom. The number of anilines is 1. The zero-order chi connectivity index (χ0) is 24.0. The van der Waals surface area contributed by atoms with Crippen molar-refractivity contribution in [1.82, 2.24) is 10.3 Å². The molecule has 3 rings (SSSR count). The average Bonchev–Trinajstić information content (AvgIpc) is 2.82. The molecule has 7 heteroatoms. The third kappa shape index (κ3) is 6.11. The van der Waals surface area contributed by atoms with E-state index >= 15 is 0 Å². The molecule has 1 fully saturated rings. The minimum absolute atomic E-state index is 0.0470. The van der Waals surface area contributed by atoms with E-state index in [0.29, 0.717) is 11.3 Å². The van der Waals surface area contributed by atoms with Crippen LogP contribution in [0.2, 0.25) is 0 Å². The zero-order valence-electron chi connectivity index (χ0n) is 19.5. The predicted octanol–water partition coefficient (Wildman–Crippen LogP) is 5.01. The summed E-state index contributed by atoms with van der Waals surface area (Å²) in [5.41, 5.74) is 2.43. The molecule has 1 aliphatic rings. The molecule has 1 saturated carbocycles. The lowest BCUT2D eigenvalue weighted by atomic mass is 9.87. The molecule has 174 valence electrons. The number of carbonyl (C=O) groups is 2. The van der Waals surface area contributed by atoms with Gasteiger partial charge >= 0.3 is 0 Å². The fourth-order valence-corrected chi connectivity index (χ4v) is 4.33. The third-order valence-electron chi connectivity index (χ3n) is 6.07. The fourth-order valence-electron chi connectivity index (χ4n) is 4.20. The highest BCUT2D eigenvalue weighted by molar-refractivity contribution is 6.29. The number of nitrogens with one attached hydrogen (secondary N) is 1. The van der Waals surface area contributed by atoms with Gasteiger partial charge in [-0.1, -0.05) is 58.2 Å². The summed E-state index contributed by atoms with van der Waals surface area (Å²) >= 11 is 5.99. The summed E-state index contributed by atoms with van der Waals surface area (Å²) in [5, 5.41) is 12.3. The highest BCUT2D eigenvalue weighted by Gasteiger charge is 2.34. The number of carbonyl (C=O) groups excluding carboxylic acids is 2. The number of aromatic nitrogens is 1. The summed E-state index contributed by atoms with van der Waals surface area (Å²) in [7, 11) is 0. The van der Waals surface area contributed by atoms with Crippen molar-refractivity contribution in [2.24, 2.45) is 0 Å². The number of amides is 2. The molecule has 0 spiro atoms. The quantitative estimate of drug-likeness (QED) is 0.606. The highest BCUT2D eigenvalue weighted by atomic mass is 35.5. The SMILES string of the molecule is CC(C)(C)c1ccc(N(C(=O)CCl)[C@@H](C(=O)NC2CCCCC2)c2ccc(C#N)nc2)cc1. The maximum Gasteiger partial charge on any atom is 0.248 e. The Morgan fingerprint density at radius 1 is 1.15 bits per heavy atom. The molecule has 1 heterocycles. The largest absolute Gasteiger partial charge is 0.351 e. The minimum atomic E-state index is -0.945. The van der Waals surface area contributed by atoms with Crippen LogP contribution in [0.15, 0.2) is 42.6 Å². The number of nitriles is 1. The lowest BCUT2D eigenvalue weighted by Crippen LogP contribution is -2.47. The Kier molecular flexibility index (Phi) is 8.10. The first-order chi connectivity index (χ1) is 15.7. The molecule has 0 aliphatic heterocycles. The van der Waals surface area contributed by atoms with E-state index in [4.69, 9.17) is 16.9 Å². The molecule has 1 aromatic heterocycles. The monoisotopic (exact) mass is 466 g/mol. The summed E-state index contributed by atoms with van der Waals surface area (Å²) in [4.78, 5) is 32.2. The van der Waals surface area contributed by atoms with Crippen molar-refractivity contribution in [3.8, 4) is 6.07 Å². The lowest BCUT2D eigenvalue weighted by molar-refractivity contribution is -0.126. The van der Waals surface area contributed by atoms with Crippen LogP contribution in [0.1, 0.15) is 75.7 Å². The van der Waals surface area contributed by atoms with Gasteiger partial charge in [-0.15, -0.1) is 11.6 Å². The van der Waals surface area contributed by atoms with Crippen LogP contribution >= 0.6 is 11.6 Å². The molecule has 1 atom stereocenters. The summed E-state index contributed by atoms with van der Waals surface area (Å²) in [6.45, 7) is 6.35. The van der Waals surface area contributed by atoms with Gasteiger partial charge in [0.2, 0.25) is 11.8 Å². The van der Waals surface area contributed by atoms with Gasteiger partial charge in [0.15, 0.2) is 0 Å². The second-order valence-corrected chi connectivity index (χ2v) is 9.80. The van der Waals surface area contributed by atoms with E-state index in [2.05, 4.69) is 31.1 Å². The van der Waals surface area contributed by atoms with Crippen molar-refractivity contribution in [2.45, 2.75) is 70.4 Å². The van der Waals surface area contributed by atoms with Crippen LogP contribution in [0.25, 0.3) is 0 Å². The molecule has 1 N–H and O–H groups in total. The second-order valence-electron chi connectivity index (χ2n) is 9.53. The summed E-state index contributed by atoms with van der Waals surface area (Å²) < 4.78 is 0. The first-order valence-electron chi connectivity index (χ1n) is 11.4. The number of hydrogen-bond donors (Lipinski definition) is 1. The van der Waals surface area contributed by atoms with Crippen molar-refractivity contribution >= 4 is 29.1 Å². The molecule has 6 nitrogen and oxygen atoms in total. The van der Waals surface area contributed by atoms with Gasteiger partial charge in [0, 0.05) is 23.5 Å². The van der Waals surface area contributed by atoms with Gasteiger partial charge in [-0.2, -0.15) is 5.26 Å². The smallest absolute Gasteiger partial charge is 0.248 e. The van der Waals surface area contributed by atoms with Crippen LogP contribution in [-0.2, 0) is 15.0 Å². The predicted molar refractivity (Wildman–Crippen MR) is 130 cm³/mol. The van der Waals surface area contributed by atoms with E-state index in [1.165, 1.54) is 17.5 Å². The number of pyridine rings is 1. The Bertz CT molecular complexity index is 1000. The van der Waals surface area contributed by atoms with E-state index in [1.807, 2.05) is 30.3 Å². The number of halogens is 1. The third-order valence-corrected chi connectivity index (χ3v) is 6.30. The topological polar surface area (TPSA) is 86.1 Å². The molecule has 0 bridgehead atoms. The van der Waals surface area contributed by atoms with Crippen molar-refractivity contribution in [1.29, 1.82) is 5.26 Å². The Balaban J connectivity index is 2.03. The highest BCUT2D eigenvalue weighted by Crippen LogP contribution is 2.31. The Hall–Kier alpha value is -2.91. The van der Waals surface area contributed by atoms with Crippen LogP contribution in [0.5, 0.6) is 0 Å². The van der Waals surface area contributed by atoms with Crippen LogP contribution in [-0.4, -0.2) is 28.7 Å². The van der Waals surface area contributed by atoms with Gasteiger partial charge in [-0.05, 0) is 42.0 Å². The van der Waals surface area contributed by atoms with Gasteiger partial charge in [0.1, 0.15) is 23.7 Å². The van der Waals surface area contributed by atoms with Crippen molar-refractivity contribution in [3.05, 3.63) is 59.4 Å². The summed E-state index contributed by atoms with van der Waals surface area (Å²) in [5.74, 6) is -0.919. The van der Waals surface area contributed by atoms with Gasteiger partial charge in [-0.3, -0.25) is 14.5 Å². The molecule has 2 aromatic rings. The van der Waals surface area contributed by atoms with Crippen LogP contribution in [0.3, 0.4) is 0 Å². The second kappa shape index (κ2) is 10.8. The van der Waals surface area contributed by atoms with Gasteiger partial charge in [0.25, 0.3) is 0 Å². The maximum absolute atomic E-state index is 13.6. The van der Waals surface area contributed by atoms with Crippen LogP contribution < -0.4 is 10.2 Å². The number of benzene rings is 1. The molecule has 0 unspecified atom stereocenters. The number of hydrogen-bond acceptors (Lipinski definition) is 4. The fraction of sp³-hybridized carbons (Fsp3) is 0.462. The lowest BCUT2D eigenvalue weighted by Gasteiger charge is -2.33. The molecule has 1 aromatic carbocycles. The summed E-state index contributed by atoms with van der Waals surface area (Å²) in [6.07, 6.45) is 6.66. The number of nitrogens with zero attached hydrogens (tertiary/aromatic N) is 3. The van der Waals surface area contributed by atoms with Crippen molar-refractivity contribution in [2.75, 3.05) is 10.8 Å². The summed E-state index contributed by atoms with van der Waals surface area (Å²) in [6, 6.07) is 12.0. The van der Waals surface area contributed by atoms with Crippen LogP contribution in [0, 0.1) is 11.3 Å². The molecule has 1 aliphatic carbocycles. The Morgan fingerprint density at radius 2 is 1.82 bits per heavy atom. The first-order valence-corrected chi connectivity index (χ1v) is 11.9. The van der Waals surface area contributed by atoms with Crippen molar-refractivity contribution < 1.29 is 9.59 Å². The molecule has 0 saturated heterocycles. The minimum Gasteiger partial charge on any atom is -0.351 e. The Labute approximate surface area is 201 Å². The average molecular weight is 467 g/mol. The van der Waals surface area contributed by atoms with Crippen molar-refractivity contribution in [3.63, 3.8) is 0 Å². The maximum atomic E-state index is 13.6. The van der Waals surface area contributed by atoms with Gasteiger partial charge < -0.3 is 5.32 Å². The van der Waals surface area contributed by atoms with E-state index in [1.54, 1.807) is 12.1 Å². The molecule has 0 radical (unpaired) electrons. The first kappa shape index (κ1) is 24.7. The standard InChI is InChI=1S/C26H31ClN4O2/c1-26(2,3)19-10-13-22(14-11-19)31(23(32)15-27)24(18-9-12-21(16-28)29-17-18)25(33)30-20-7-5-4-6-8-20/h9-14,17,20,24H,4-8,15H2,1-3H3,(H,30,33)/t24-/m1/s1. The van der Waals surface area contributed by atoms with E-state index in [0.717, 1.165) is 31.2 Å². The molecular weight excluding hydrogens is 436 g/mol. The zero-order valence-corrected chi connectivity index (χ0v) is 20.2. The molecule has 33 heavy (non-hydrogen) atoms. The van der Waals surface area contributed by atoms with E-state index in [-0.39, 0.29) is 34.8 Å². The van der Waals surface area contributed by atoms with Gasteiger partial charge in [-0.25, -0.2) is 4.98 Å². The normalized spacial score (nSPS) is 15.4. The number of rotatable bonds is 6. The van der Waals surface area contributed by atoms with E-state index < -0.39 is 6.04 Å². The molecule has 2 amide bonds. The van der Waals surface area contributed by atoms with E-state index in [9.17, 15) is 9.59 Å². The molecular formula is C26H31ClN4O2.